The van der Waals surface area contributed by atoms with E-state index in [2.05, 4.69) is 9.97 Å². The second-order valence-corrected chi connectivity index (χ2v) is 9.27. The molecule has 1 aliphatic heterocycles. The number of aromatic nitrogens is 2. The molecule has 1 aromatic heterocycles. The summed E-state index contributed by atoms with van der Waals surface area (Å²) < 4.78 is 28.9. The Hall–Kier alpha value is -3.88. The smallest absolute Gasteiger partial charge is 0.234 e. The fraction of sp³-hybridized carbons (Fsp3) is 0.276. The van der Waals surface area contributed by atoms with Crippen molar-refractivity contribution in [1.29, 1.82) is 0 Å². The molecule has 5 rings (SSSR count). The molecule has 0 radical (unpaired) electrons. The number of rotatable bonds is 10. The van der Waals surface area contributed by atoms with E-state index < -0.39 is 0 Å². The third kappa shape index (κ3) is 5.82. The molecule has 0 N–H and O–H groups in total. The van der Waals surface area contributed by atoms with Crippen molar-refractivity contribution in [1.82, 2.24) is 9.97 Å². The van der Waals surface area contributed by atoms with Crippen LogP contribution in [0.2, 0.25) is 5.02 Å². The van der Waals surface area contributed by atoms with Crippen LogP contribution in [0.3, 0.4) is 0 Å². The number of methoxy groups -OCH3 is 1. The number of carbonyl (C=O) groups is 1. The first kappa shape index (κ1) is 25.8. The van der Waals surface area contributed by atoms with Crippen LogP contribution >= 0.6 is 11.6 Å². The lowest BCUT2D eigenvalue weighted by Gasteiger charge is -2.23. The molecular formula is C29H27ClN2O6. The Morgan fingerprint density at radius 1 is 0.947 bits per heavy atom. The van der Waals surface area contributed by atoms with Crippen molar-refractivity contribution < 1.29 is 28.5 Å². The fourth-order valence-corrected chi connectivity index (χ4v) is 4.34. The Kier molecular flexibility index (Phi) is 7.91. The molecule has 0 saturated heterocycles. The van der Waals surface area contributed by atoms with Crippen molar-refractivity contribution in [2.75, 3.05) is 33.5 Å². The predicted molar refractivity (Wildman–Crippen MR) is 143 cm³/mol. The molecular weight excluding hydrogens is 508 g/mol. The lowest BCUT2D eigenvalue weighted by molar-refractivity contribution is -0.117. The van der Waals surface area contributed by atoms with Gasteiger partial charge in [0.05, 0.1) is 12.1 Å². The molecule has 196 valence electrons. The molecule has 0 atom stereocenters. The van der Waals surface area contributed by atoms with Crippen LogP contribution in [0.15, 0.2) is 54.9 Å². The molecule has 0 fully saturated rings. The highest BCUT2D eigenvalue weighted by molar-refractivity contribution is 6.31. The Balaban J connectivity index is 1.33. The molecule has 38 heavy (non-hydrogen) atoms. The summed E-state index contributed by atoms with van der Waals surface area (Å²) in [4.78, 5) is 21.4. The summed E-state index contributed by atoms with van der Waals surface area (Å²) in [7, 11) is 1.61. The number of hydrogen-bond acceptors (Lipinski definition) is 8. The third-order valence-corrected chi connectivity index (χ3v) is 6.47. The molecule has 0 unspecified atom stereocenters. The average Bonchev–Trinajstić information content (AvgIpc) is 2.92. The molecule has 8 nitrogen and oxygen atoms in total. The number of aryl methyl sites for hydroxylation is 1. The van der Waals surface area contributed by atoms with Crippen LogP contribution in [0.5, 0.6) is 28.9 Å². The van der Waals surface area contributed by atoms with E-state index in [0.717, 1.165) is 16.7 Å². The molecule has 2 heterocycles. The van der Waals surface area contributed by atoms with Gasteiger partial charge in [-0.3, -0.25) is 4.79 Å². The highest BCUT2D eigenvalue weighted by Gasteiger charge is 2.25. The van der Waals surface area contributed by atoms with Crippen LogP contribution in [-0.4, -0.2) is 49.3 Å². The van der Waals surface area contributed by atoms with Gasteiger partial charge in [-0.2, -0.15) is 0 Å². The normalized spacial score (nSPS) is 12.4. The Morgan fingerprint density at radius 3 is 2.45 bits per heavy atom. The van der Waals surface area contributed by atoms with Crippen molar-refractivity contribution in [3.8, 4) is 28.9 Å². The van der Waals surface area contributed by atoms with Crippen molar-refractivity contribution in [2.24, 2.45) is 0 Å². The van der Waals surface area contributed by atoms with Crippen molar-refractivity contribution >= 4 is 28.3 Å². The number of carbonyl (C=O) groups excluding carboxylic acids is 1. The summed E-state index contributed by atoms with van der Waals surface area (Å²) in [5.74, 6) is 2.52. The van der Waals surface area contributed by atoms with Crippen molar-refractivity contribution in [3.05, 3.63) is 76.6 Å². The highest BCUT2D eigenvalue weighted by atomic mass is 35.5. The minimum atomic E-state index is 0.120. The standard InChI is InChI=1S/C29H27ClN2O6/c1-18-13-20(5-8-23(18)30)15-21(33)14-19-3-6-22(7-4-19)38-29-26-24(31-17-32-29)16-25(35-10-9-34-2)27-28(26)37-12-11-36-27/h3-8,13,16-17H,9-12,14-15H2,1-2H3. The highest BCUT2D eigenvalue weighted by Crippen LogP contribution is 2.47. The lowest BCUT2D eigenvalue weighted by atomic mass is 10.0. The maximum atomic E-state index is 12.6. The zero-order chi connectivity index (χ0) is 26.5. The minimum absolute atomic E-state index is 0.120. The van der Waals surface area contributed by atoms with Crippen LogP contribution in [0, 0.1) is 6.92 Å². The van der Waals surface area contributed by atoms with Crippen molar-refractivity contribution in [2.45, 2.75) is 19.8 Å². The van der Waals surface area contributed by atoms with Crippen molar-refractivity contribution in [3.63, 3.8) is 0 Å². The Bertz CT molecular complexity index is 1460. The van der Waals surface area contributed by atoms with Crippen LogP contribution in [-0.2, 0) is 22.4 Å². The third-order valence-electron chi connectivity index (χ3n) is 6.05. The second kappa shape index (κ2) is 11.7. The van der Waals surface area contributed by atoms with Gasteiger partial charge in [-0.15, -0.1) is 0 Å². The number of Topliss-reactive ketones (excluding diaryl/α,β-unsaturated/α-hetero) is 1. The summed E-state index contributed by atoms with van der Waals surface area (Å²) in [6.07, 6.45) is 2.11. The van der Waals surface area contributed by atoms with E-state index in [1.165, 1.54) is 6.33 Å². The van der Waals surface area contributed by atoms with Crippen LogP contribution in [0.1, 0.15) is 16.7 Å². The maximum absolute atomic E-state index is 12.6. The predicted octanol–water partition coefficient (Wildman–Crippen LogP) is 5.53. The van der Waals surface area contributed by atoms with Crippen LogP contribution in [0.25, 0.3) is 10.9 Å². The van der Waals surface area contributed by atoms with E-state index in [0.29, 0.717) is 84.1 Å². The summed E-state index contributed by atoms with van der Waals surface area (Å²) >= 11 is 6.09. The zero-order valence-corrected chi connectivity index (χ0v) is 21.9. The Labute approximate surface area is 225 Å². The first-order valence-corrected chi connectivity index (χ1v) is 12.6. The van der Waals surface area contributed by atoms with Gasteiger partial charge in [0.15, 0.2) is 11.5 Å². The second-order valence-electron chi connectivity index (χ2n) is 8.87. The first-order valence-electron chi connectivity index (χ1n) is 12.2. The number of benzene rings is 3. The Morgan fingerprint density at radius 2 is 1.68 bits per heavy atom. The minimum Gasteiger partial charge on any atom is -0.487 e. The zero-order valence-electron chi connectivity index (χ0n) is 21.2. The summed E-state index contributed by atoms with van der Waals surface area (Å²) in [5.41, 5.74) is 3.41. The molecule has 0 spiro atoms. The number of fused-ring (bicyclic) bond motifs is 3. The molecule has 0 amide bonds. The van der Waals surface area contributed by atoms with Gasteiger partial charge in [0, 0.05) is 31.0 Å². The lowest BCUT2D eigenvalue weighted by Crippen LogP contribution is -2.17. The number of halogens is 1. The molecule has 0 aliphatic carbocycles. The summed E-state index contributed by atoms with van der Waals surface area (Å²) in [6, 6.07) is 14.8. The number of ketones is 1. The van der Waals surface area contributed by atoms with Gasteiger partial charge in [0.1, 0.15) is 43.1 Å². The van der Waals surface area contributed by atoms with E-state index in [9.17, 15) is 4.79 Å². The summed E-state index contributed by atoms with van der Waals surface area (Å²) in [6.45, 7) is 3.52. The monoisotopic (exact) mass is 534 g/mol. The summed E-state index contributed by atoms with van der Waals surface area (Å²) in [5, 5.41) is 1.29. The largest absolute Gasteiger partial charge is 0.487 e. The van der Waals surface area contributed by atoms with Gasteiger partial charge in [0.25, 0.3) is 0 Å². The number of nitrogens with zero attached hydrogens (tertiary/aromatic N) is 2. The molecule has 3 aromatic carbocycles. The molecule has 1 aliphatic rings. The SMILES string of the molecule is COCCOc1cc2ncnc(Oc3ccc(CC(=O)Cc4ccc(Cl)c(C)c4)cc3)c2c2c1OCCO2. The van der Waals surface area contributed by atoms with Crippen LogP contribution < -0.4 is 18.9 Å². The molecule has 0 saturated carbocycles. The van der Waals surface area contributed by atoms with E-state index in [1.807, 2.05) is 49.4 Å². The number of hydrogen-bond donors (Lipinski definition) is 0. The van der Waals surface area contributed by atoms with E-state index >= 15 is 0 Å². The van der Waals surface area contributed by atoms with Gasteiger partial charge in [-0.05, 0) is 41.8 Å². The average molecular weight is 535 g/mol. The topological polar surface area (TPSA) is 89.0 Å². The first-order chi connectivity index (χ1) is 18.5. The van der Waals surface area contributed by atoms with Gasteiger partial charge in [-0.1, -0.05) is 35.9 Å². The van der Waals surface area contributed by atoms with Gasteiger partial charge in [-0.25, -0.2) is 9.97 Å². The molecule has 4 aromatic rings. The molecule has 9 heteroatoms. The number of ether oxygens (including phenoxy) is 5. The van der Waals surface area contributed by atoms with Crippen LogP contribution in [0.4, 0.5) is 0 Å². The fourth-order valence-electron chi connectivity index (χ4n) is 4.22. The van der Waals surface area contributed by atoms with E-state index in [1.54, 1.807) is 13.2 Å². The van der Waals surface area contributed by atoms with E-state index in [-0.39, 0.29) is 5.78 Å². The van der Waals surface area contributed by atoms with Gasteiger partial charge in [0.2, 0.25) is 11.6 Å². The molecule has 0 bridgehead atoms. The quantitative estimate of drug-likeness (QED) is 0.245. The van der Waals surface area contributed by atoms with Gasteiger partial charge >= 0.3 is 0 Å². The maximum Gasteiger partial charge on any atom is 0.234 e. The van der Waals surface area contributed by atoms with E-state index in [4.69, 9.17) is 35.3 Å². The van der Waals surface area contributed by atoms with Gasteiger partial charge < -0.3 is 23.7 Å².